The van der Waals surface area contributed by atoms with Gasteiger partial charge in [0.2, 0.25) is 0 Å². The minimum absolute atomic E-state index is 0.270. The van der Waals surface area contributed by atoms with Gasteiger partial charge in [0.25, 0.3) is 0 Å². The van der Waals surface area contributed by atoms with Crippen molar-refractivity contribution >= 4 is 11.3 Å². The standard InChI is InChI=1S/C15H20N2S/c1-4-12-6-8-13(9-7-12)15(16-5-2)14-10-17-11(3)18-14/h6-10,15-16H,4-5H2,1-3H3. The van der Waals surface area contributed by atoms with Crippen LogP contribution in [-0.2, 0) is 6.42 Å². The molecule has 2 rings (SSSR count). The van der Waals surface area contributed by atoms with Gasteiger partial charge >= 0.3 is 0 Å². The lowest BCUT2D eigenvalue weighted by molar-refractivity contribution is 0.638. The van der Waals surface area contributed by atoms with Crippen molar-refractivity contribution in [2.24, 2.45) is 0 Å². The predicted octanol–water partition coefficient (Wildman–Crippen LogP) is 3.71. The molecule has 3 heteroatoms. The summed E-state index contributed by atoms with van der Waals surface area (Å²) < 4.78 is 0. The number of nitrogens with one attached hydrogen (secondary N) is 1. The molecule has 1 unspecified atom stereocenters. The fourth-order valence-electron chi connectivity index (χ4n) is 2.04. The van der Waals surface area contributed by atoms with Crippen LogP contribution >= 0.6 is 11.3 Å². The SMILES string of the molecule is CCNC(c1ccc(CC)cc1)c1cnc(C)s1. The van der Waals surface area contributed by atoms with Gasteiger partial charge in [0.15, 0.2) is 0 Å². The highest BCUT2D eigenvalue weighted by atomic mass is 32.1. The number of benzene rings is 1. The Labute approximate surface area is 113 Å². The summed E-state index contributed by atoms with van der Waals surface area (Å²) in [5.74, 6) is 0. The van der Waals surface area contributed by atoms with E-state index < -0.39 is 0 Å². The summed E-state index contributed by atoms with van der Waals surface area (Å²) in [4.78, 5) is 5.65. The van der Waals surface area contributed by atoms with Crippen molar-refractivity contribution in [3.8, 4) is 0 Å². The van der Waals surface area contributed by atoms with Gasteiger partial charge in [-0.3, -0.25) is 0 Å². The number of hydrogen-bond acceptors (Lipinski definition) is 3. The van der Waals surface area contributed by atoms with E-state index in [4.69, 9.17) is 0 Å². The normalized spacial score (nSPS) is 12.6. The molecule has 2 nitrogen and oxygen atoms in total. The Kier molecular flexibility index (Phi) is 4.50. The van der Waals surface area contributed by atoms with E-state index in [2.05, 4.69) is 55.3 Å². The van der Waals surface area contributed by atoms with Crippen molar-refractivity contribution in [2.45, 2.75) is 33.2 Å². The maximum absolute atomic E-state index is 4.36. The van der Waals surface area contributed by atoms with Gasteiger partial charge < -0.3 is 5.32 Å². The fraction of sp³-hybridized carbons (Fsp3) is 0.400. The molecule has 1 atom stereocenters. The van der Waals surface area contributed by atoms with Gasteiger partial charge in [0, 0.05) is 11.1 Å². The smallest absolute Gasteiger partial charge is 0.0897 e. The number of aromatic nitrogens is 1. The monoisotopic (exact) mass is 260 g/mol. The zero-order chi connectivity index (χ0) is 13.0. The number of hydrogen-bond donors (Lipinski definition) is 1. The minimum atomic E-state index is 0.270. The molecule has 1 heterocycles. The molecule has 0 amide bonds. The van der Waals surface area contributed by atoms with Crippen LogP contribution in [0.5, 0.6) is 0 Å². The summed E-state index contributed by atoms with van der Waals surface area (Å²) in [5, 5.41) is 4.66. The van der Waals surface area contributed by atoms with Crippen molar-refractivity contribution in [3.63, 3.8) is 0 Å². The van der Waals surface area contributed by atoms with Crippen LogP contribution in [0.2, 0.25) is 0 Å². The second kappa shape index (κ2) is 6.12. The van der Waals surface area contributed by atoms with Gasteiger partial charge in [0.05, 0.1) is 11.0 Å². The first-order valence-corrected chi connectivity index (χ1v) is 7.30. The maximum atomic E-state index is 4.36. The van der Waals surface area contributed by atoms with E-state index in [1.807, 2.05) is 6.20 Å². The van der Waals surface area contributed by atoms with Crippen LogP contribution in [0.3, 0.4) is 0 Å². The average Bonchev–Trinajstić information content (AvgIpc) is 2.82. The van der Waals surface area contributed by atoms with E-state index in [0.29, 0.717) is 0 Å². The van der Waals surface area contributed by atoms with E-state index in [0.717, 1.165) is 18.0 Å². The van der Waals surface area contributed by atoms with Crippen molar-refractivity contribution in [1.29, 1.82) is 0 Å². The van der Waals surface area contributed by atoms with E-state index in [-0.39, 0.29) is 6.04 Å². The third-order valence-corrected chi connectivity index (χ3v) is 4.03. The van der Waals surface area contributed by atoms with Crippen molar-refractivity contribution < 1.29 is 0 Å². The van der Waals surface area contributed by atoms with Crippen molar-refractivity contribution in [1.82, 2.24) is 10.3 Å². The molecule has 1 aromatic heterocycles. The summed E-state index contributed by atoms with van der Waals surface area (Å²) in [5.41, 5.74) is 2.70. The van der Waals surface area contributed by atoms with Crippen molar-refractivity contribution in [2.75, 3.05) is 6.54 Å². The molecule has 0 aliphatic rings. The molecule has 1 aromatic carbocycles. The van der Waals surface area contributed by atoms with Gasteiger partial charge in [0.1, 0.15) is 0 Å². The third-order valence-electron chi connectivity index (χ3n) is 3.05. The Morgan fingerprint density at radius 1 is 1.22 bits per heavy atom. The summed E-state index contributed by atoms with van der Waals surface area (Å²) in [7, 11) is 0. The third kappa shape index (κ3) is 2.98. The Hall–Kier alpha value is -1.19. The topological polar surface area (TPSA) is 24.9 Å². The highest BCUT2D eigenvalue weighted by Gasteiger charge is 2.15. The molecule has 2 aromatic rings. The van der Waals surface area contributed by atoms with Gasteiger partial charge in [-0.15, -0.1) is 11.3 Å². The van der Waals surface area contributed by atoms with Crippen LogP contribution in [0, 0.1) is 6.92 Å². The number of nitrogens with zero attached hydrogens (tertiary/aromatic N) is 1. The second-order valence-electron chi connectivity index (χ2n) is 4.37. The molecule has 0 saturated heterocycles. The molecule has 0 aliphatic carbocycles. The molecule has 0 bridgehead atoms. The van der Waals surface area contributed by atoms with Gasteiger partial charge in [-0.1, -0.05) is 38.1 Å². The first-order valence-electron chi connectivity index (χ1n) is 6.49. The van der Waals surface area contributed by atoms with Crippen LogP contribution in [0.25, 0.3) is 0 Å². The molecular formula is C15H20N2S. The van der Waals surface area contributed by atoms with Crippen LogP contribution in [0.15, 0.2) is 30.5 Å². The highest BCUT2D eigenvalue weighted by Crippen LogP contribution is 2.27. The Balaban J connectivity index is 2.28. The van der Waals surface area contributed by atoms with E-state index in [9.17, 15) is 0 Å². The van der Waals surface area contributed by atoms with E-state index in [1.165, 1.54) is 16.0 Å². The number of rotatable bonds is 5. The van der Waals surface area contributed by atoms with Gasteiger partial charge in [-0.25, -0.2) is 4.98 Å². The molecule has 0 radical (unpaired) electrons. The maximum Gasteiger partial charge on any atom is 0.0897 e. The fourth-order valence-corrected chi connectivity index (χ4v) is 2.93. The molecule has 0 aliphatic heterocycles. The Morgan fingerprint density at radius 2 is 1.94 bits per heavy atom. The summed E-state index contributed by atoms with van der Waals surface area (Å²) in [6.45, 7) is 7.33. The largest absolute Gasteiger partial charge is 0.306 e. The van der Waals surface area contributed by atoms with Crippen LogP contribution in [-0.4, -0.2) is 11.5 Å². The lowest BCUT2D eigenvalue weighted by atomic mass is 10.0. The summed E-state index contributed by atoms with van der Waals surface area (Å²) in [6.07, 6.45) is 3.08. The number of aryl methyl sites for hydroxylation is 2. The van der Waals surface area contributed by atoms with Gasteiger partial charge in [-0.05, 0) is 31.0 Å². The summed E-state index contributed by atoms with van der Waals surface area (Å²) in [6, 6.07) is 9.15. The first kappa shape index (κ1) is 13.2. The average molecular weight is 260 g/mol. The Morgan fingerprint density at radius 3 is 2.44 bits per heavy atom. The lowest BCUT2D eigenvalue weighted by Crippen LogP contribution is -2.21. The van der Waals surface area contributed by atoms with Crippen LogP contribution < -0.4 is 5.32 Å². The molecule has 0 saturated carbocycles. The Bertz CT molecular complexity index is 487. The molecule has 96 valence electrons. The molecule has 0 spiro atoms. The zero-order valence-electron chi connectivity index (χ0n) is 11.2. The predicted molar refractivity (Wildman–Crippen MR) is 78.2 cm³/mol. The molecular weight excluding hydrogens is 240 g/mol. The molecule has 18 heavy (non-hydrogen) atoms. The molecule has 1 N–H and O–H groups in total. The van der Waals surface area contributed by atoms with Crippen LogP contribution in [0.4, 0.5) is 0 Å². The zero-order valence-corrected chi connectivity index (χ0v) is 12.1. The van der Waals surface area contributed by atoms with Gasteiger partial charge in [-0.2, -0.15) is 0 Å². The van der Waals surface area contributed by atoms with Crippen LogP contribution in [0.1, 0.15) is 40.9 Å². The highest BCUT2D eigenvalue weighted by molar-refractivity contribution is 7.11. The lowest BCUT2D eigenvalue weighted by Gasteiger charge is -2.16. The number of thiazole rings is 1. The molecule has 0 fully saturated rings. The quantitative estimate of drug-likeness (QED) is 0.886. The first-order chi connectivity index (χ1) is 8.74. The second-order valence-corrected chi connectivity index (χ2v) is 5.63. The van der Waals surface area contributed by atoms with E-state index in [1.54, 1.807) is 11.3 Å². The summed E-state index contributed by atoms with van der Waals surface area (Å²) >= 11 is 1.77. The van der Waals surface area contributed by atoms with Crippen molar-refractivity contribution in [3.05, 3.63) is 51.5 Å². The minimum Gasteiger partial charge on any atom is -0.306 e. The van der Waals surface area contributed by atoms with E-state index >= 15 is 0 Å².